The molecule has 1 heterocycles. The van der Waals surface area contributed by atoms with Crippen molar-refractivity contribution >= 4 is 5.97 Å². The zero-order valence-corrected chi connectivity index (χ0v) is 11.8. The molecule has 1 unspecified atom stereocenters. The van der Waals surface area contributed by atoms with Gasteiger partial charge in [0, 0.05) is 24.3 Å². The molecular formula is C13H23N3O2. The number of aliphatic carboxylic acids is 1. The van der Waals surface area contributed by atoms with Crippen LogP contribution in [0, 0.1) is 0 Å². The van der Waals surface area contributed by atoms with E-state index in [2.05, 4.69) is 5.10 Å². The van der Waals surface area contributed by atoms with E-state index in [1.54, 1.807) is 13.8 Å². The van der Waals surface area contributed by atoms with Crippen LogP contribution >= 0.6 is 0 Å². The van der Waals surface area contributed by atoms with Gasteiger partial charge in [0.15, 0.2) is 0 Å². The summed E-state index contributed by atoms with van der Waals surface area (Å²) in [6.45, 7) is 11.0. The standard InChI is InChI=1S/C13H23N3O2/c1-6-15-9-11(8-14-15)10(3)16(7-2)13(4,5)12(17)18/h8-10H,6-7H2,1-5H3,(H,17,18). The van der Waals surface area contributed by atoms with Crippen molar-refractivity contribution in [2.75, 3.05) is 6.54 Å². The molecule has 0 radical (unpaired) electrons. The van der Waals surface area contributed by atoms with Crippen LogP contribution in [0.3, 0.4) is 0 Å². The molecule has 1 aromatic rings. The lowest BCUT2D eigenvalue weighted by Gasteiger charge is -2.38. The third-order valence-electron chi connectivity index (χ3n) is 3.51. The van der Waals surface area contributed by atoms with Crippen molar-refractivity contribution in [3.63, 3.8) is 0 Å². The monoisotopic (exact) mass is 253 g/mol. The Morgan fingerprint density at radius 2 is 2.17 bits per heavy atom. The number of rotatable bonds is 6. The van der Waals surface area contributed by atoms with Gasteiger partial charge in [-0.25, -0.2) is 0 Å². The normalized spacial score (nSPS) is 13.9. The smallest absolute Gasteiger partial charge is 0.323 e. The molecule has 0 saturated heterocycles. The van der Waals surface area contributed by atoms with E-state index in [1.807, 2.05) is 42.7 Å². The van der Waals surface area contributed by atoms with E-state index < -0.39 is 11.5 Å². The Bertz CT molecular complexity index is 412. The van der Waals surface area contributed by atoms with Gasteiger partial charge in [0.25, 0.3) is 0 Å². The van der Waals surface area contributed by atoms with Crippen LogP contribution in [0.4, 0.5) is 0 Å². The highest BCUT2D eigenvalue weighted by molar-refractivity contribution is 5.77. The van der Waals surface area contributed by atoms with Gasteiger partial charge in [-0.05, 0) is 34.2 Å². The van der Waals surface area contributed by atoms with Gasteiger partial charge in [-0.15, -0.1) is 0 Å². The van der Waals surface area contributed by atoms with Crippen LogP contribution in [-0.4, -0.2) is 37.8 Å². The molecule has 0 amide bonds. The molecule has 1 atom stereocenters. The summed E-state index contributed by atoms with van der Waals surface area (Å²) in [4.78, 5) is 13.3. The number of aryl methyl sites for hydroxylation is 1. The summed E-state index contributed by atoms with van der Waals surface area (Å²) in [7, 11) is 0. The molecule has 1 aromatic heterocycles. The molecule has 0 spiro atoms. The maximum absolute atomic E-state index is 11.4. The average molecular weight is 253 g/mol. The molecule has 0 aromatic carbocycles. The van der Waals surface area contributed by atoms with Gasteiger partial charge in [0.2, 0.25) is 0 Å². The van der Waals surface area contributed by atoms with Crippen molar-refractivity contribution in [2.24, 2.45) is 0 Å². The van der Waals surface area contributed by atoms with Gasteiger partial charge in [-0.1, -0.05) is 6.92 Å². The first-order chi connectivity index (χ1) is 8.34. The second kappa shape index (κ2) is 5.52. The Balaban J connectivity index is 2.98. The molecule has 0 aliphatic rings. The number of hydrogen-bond acceptors (Lipinski definition) is 3. The van der Waals surface area contributed by atoms with Crippen molar-refractivity contribution in [1.82, 2.24) is 14.7 Å². The van der Waals surface area contributed by atoms with Gasteiger partial charge >= 0.3 is 5.97 Å². The Morgan fingerprint density at radius 3 is 2.56 bits per heavy atom. The first kappa shape index (κ1) is 14.7. The lowest BCUT2D eigenvalue weighted by Crippen LogP contribution is -2.50. The van der Waals surface area contributed by atoms with Gasteiger partial charge in [0.05, 0.1) is 6.20 Å². The minimum absolute atomic E-state index is 0.0291. The van der Waals surface area contributed by atoms with E-state index in [4.69, 9.17) is 0 Å². The lowest BCUT2D eigenvalue weighted by atomic mass is 9.98. The van der Waals surface area contributed by atoms with E-state index in [0.29, 0.717) is 6.54 Å². The zero-order chi connectivity index (χ0) is 13.9. The highest BCUT2D eigenvalue weighted by Crippen LogP contribution is 2.27. The van der Waals surface area contributed by atoms with E-state index in [-0.39, 0.29) is 6.04 Å². The number of nitrogens with zero attached hydrogens (tertiary/aromatic N) is 3. The van der Waals surface area contributed by atoms with Gasteiger partial charge in [-0.3, -0.25) is 14.4 Å². The topological polar surface area (TPSA) is 58.4 Å². The highest BCUT2D eigenvalue weighted by Gasteiger charge is 2.37. The molecule has 0 bridgehead atoms. The zero-order valence-electron chi connectivity index (χ0n) is 11.8. The van der Waals surface area contributed by atoms with Crippen molar-refractivity contribution in [2.45, 2.75) is 52.7 Å². The fourth-order valence-corrected chi connectivity index (χ4v) is 2.22. The Kier molecular flexibility index (Phi) is 4.51. The highest BCUT2D eigenvalue weighted by atomic mass is 16.4. The van der Waals surface area contributed by atoms with Crippen LogP contribution in [0.25, 0.3) is 0 Å². The number of likely N-dealkylation sites (N-methyl/N-ethyl adjacent to an activating group) is 1. The lowest BCUT2D eigenvalue weighted by molar-refractivity contribution is -0.150. The summed E-state index contributed by atoms with van der Waals surface area (Å²) in [6.07, 6.45) is 3.79. The van der Waals surface area contributed by atoms with E-state index in [9.17, 15) is 9.90 Å². The van der Waals surface area contributed by atoms with Gasteiger partial charge in [-0.2, -0.15) is 5.10 Å². The fraction of sp³-hybridized carbons (Fsp3) is 0.692. The maximum Gasteiger partial charge on any atom is 0.323 e. The van der Waals surface area contributed by atoms with E-state index in [0.717, 1.165) is 12.1 Å². The molecule has 5 nitrogen and oxygen atoms in total. The van der Waals surface area contributed by atoms with Crippen LogP contribution in [0.2, 0.25) is 0 Å². The third kappa shape index (κ3) is 2.72. The van der Waals surface area contributed by atoms with Gasteiger partial charge in [0.1, 0.15) is 5.54 Å². The summed E-state index contributed by atoms with van der Waals surface area (Å²) < 4.78 is 1.85. The fourth-order valence-electron chi connectivity index (χ4n) is 2.22. The molecule has 1 rings (SSSR count). The number of hydrogen-bond donors (Lipinski definition) is 1. The van der Waals surface area contributed by atoms with E-state index in [1.165, 1.54) is 0 Å². The van der Waals surface area contributed by atoms with Crippen molar-refractivity contribution in [1.29, 1.82) is 0 Å². The number of carboxylic acid groups (broad SMARTS) is 1. The molecule has 18 heavy (non-hydrogen) atoms. The summed E-state index contributed by atoms with van der Waals surface area (Å²) in [5.41, 5.74) is 0.163. The Morgan fingerprint density at radius 1 is 1.56 bits per heavy atom. The predicted molar refractivity (Wildman–Crippen MR) is 70.4 cm³/mol. The van der Waals surface area contributed by atoms with Crippen molar-refractivity contribution in [3.8, 4) is 0 Å². The molecular weight excluding hydrogens is 230 g/mol. The maximum atomic E-state index is 11.4. The second-order valence-corrected chi connectivity index (χ2v) is 4.96. The Hall–Kier alpha value is -1.36. The summed E-state index contributed by atoms with van der Waals surface area (Å²) in [5.74, 6) is -0.806. The SMILES string of the molecule is CCN(C(C)c1cnn(CC)c1)C(C)(C)C(=O)O. The number of aromatic nitrogens is 2. The van der Waals surface area contributed by atoms with E-state index >= 15 is 0 Å². The van der Waals surface area contributed by atoms with Crippen molar-refractivity contribution < 1.29 is 9.90 Å². The minimum atomic E-state index is -0.886. The van der Waals surface area contributed by atoms with Gasteiger partial charge < -0.3 is 5.11 Å². The molecule has 0 fully saturated rings. The molecule has 0 aliphatic heterocycles. The van der Waals surface area contributed by atoms with Crippen LogP contribution in [0.15, 0.2) is 12.4 Å². The minimum Gasteiger partial charge on any atom is -0.480 e. The molecule has 102 valence electrons. The first-order valence-electron chi connectivity index (χ1n) is 6.37. The number of carboxylic acids is 1. The predicted octanol–water partition coefficient (Wildman–Crippen LogP) is 2.15. The Labute approximate surface area is 108 Å². The first-order valence-corrected chi connectivity index (χ1v) is 6.37. The largest absolute Gasteiger partial charge is 0.480 e. The quantitative estimate of drug-likeness (QED) is 0.844. The molecule has 5 heteroatoms. The van der Waals surface area contributed by atoms with Crippen molar-refractivity contribution in [3.05, 3.63) is 18.0 Å². The average Bonchev–Trinajstić information content (AvgIpc) is 2.77. The van der Waals surface area contributed by atoms with Crippen LogP contribution < -0.4 is 0 Å². The summed E-state index contributed by atoms with van der Waals surface area (Å²) in [6, 6.07) is 0.0291. The van der Waals surface area contributed by atoms with Crippen LogP contribution in [0.5, 0.6) is 0 Å². The summed E-state index contributed by atoms with van der Waals surface area (Å²) >= 11 is 0. The molecule has 0 aliphatic carbocycles. The third-order valence-corrected chi connectivity index (χ3v) is 3.51. The second-order valence-electron chi connectivity index (χ2n) is 4.96. The van der Waals surface area contributed by atoms with Crippen LogP contribution in [0.1, 0.15) is 46.2 Å². The summed E-state index contributed by atoms with van der Waals surface area (Å²) in [5, 5.41) is 13.6. The van der Waals surface area contributed by atoms with Crippen LogP contribution in [-0.2, 0) is 11.3 Å². The molecule has 0 saturated carbocycles. The number of carbonyl (C=O) groups is 1. The molecule has 1 N–H and O–H groups in total.